The summed E-state index contributed by atoms with van der Waals surface area (Å²) >= 11 is 9.93. The lowest BCUT2D eigenvalue weighted by Gasteiger charge is -2.49. The van der Waals surface area contributed by atoms with Crippen molar-refractivity contribution in [3.05, 3.63) is 79.6 Å². The van der Waals surface area contributed by atoms with Gasteiger partial charge in [-0.3, -0.25) is 9.59 Å². The van der Waals surface area contributed by atoms with Gasteiger partial charge in [-0.15, -0.1) is 0 Å². The Balaban J connectivity index is 1.66. The van der Waals surface area contributed by atoms with Crippen LogP contribution in [0.1, 0.15) is 84.3 Å². The summed E-state index contributed by atoms with van der Waals surface area (Å²) in [6.45, 7) is 14.2. The Morgan fingerprint density at radius 1 is 0.902 bits per heavy atom. The van der Waals surface area contributed by atoms with Crippen LogP contribution in [0, 0.1) is 10.8 Å². The fourth-order valence-electron chi connectivity index (χ4n) is 6.70. The number of rotatable bonds is 7. The van der Waals surface area contributed by atoms with E-state index < -0.39 is 5.92 Å². The number of benzene rings is 2. The summed E-state index contributed by atoms with van der Waals surface area (Å²) in [7, 11) is 0. The number of allylic oxidation sites excluding steroid dienone is 4. The molecule has 218 valence electrons. The van der Waals surface area contributed by atoms with Crippen molar-refractivity contribution in [2.24, 2.45) is 10.8 Å². The van der Waals surface area contributed by atoms with Crippen LogP contribution in [0.2, 0.25) is 5.02 Å². The largest absolute Gasteiger partial charge is 0.490 e. The molecule has 1 aliphatic heterocycles. The Morgan fingerprint density at radius 3 is 2.05 bits per heavy atom. The molecule has 0 fully saturated rings. The lowest BCUT2D eigenvalue weighted by molar-refractivity contribution is -0.119. The highest BCUT2D eigenvalue weighted by Crippen LogP contribution is 2.55. The average molecular weight is 641 g/mol. The highest BCUT2D eigenvalue weighted by atomic mass is 79.9. The van der Waals surface area contributed by atoms with Crippen molar-refractivity contribution >= 4 is 39.1 Å². The Kier molecular flexibility index (Phi) is 8.21. The Labute approximate surface area is 257 Å². The minimum atomic E-state index is -0.438. The van der Waals surface area contributed by atoms with Crippen LogP contribution < -0.4 is 9.47 Å². The molecule has 0 aromatic heterocycles. The lowest BCUT2D eigenvalue weighted by atomic mass is 9.63. The van der Waals surface area contributed by atoms with Gasteiger partial charge in [0.25, 0.3) is 0 Å². The quantitative estimate of drug-likeness (QED) is 0.303. The molecule has 0 spiro atoms. The first kappa shape index (κ1) is 29.9. The van der Waals surface area contributed by atoms with E-state index in [-0.39, 0.29) is 22.4 Å². The van der Waals surface area contributed by atoms with Crippen LogP contribution in [0.4, 0.5) is 0 Å². The molecular formula is C34H39BrClNO4. The summed E-state index contributed by atoms with van der Waals surface area (Å²) in [5.41, 5.74) is 5.19. The van der Waals surface area contributed by atoms with Crippen LogP contribution in [-0.4, -0.2) is 29.6 Å². The molecule has 3 aliphatic rings. The van der Waals surface area contributed by atoms with E-state index >= 15 is 0 Å². The first-order valence-corrected chi connectivity index (χ1v) is 15.6. The van der Waals surface area contributed by atoms with Crippen LogP contribution >= 0.6 is 27.5 Å². The van der Waals surface area contributed by atoms with Gasteiger partial charge >= 0.3 is 0 Å². The van der Waals surface area contributed by atoms with Crippen molar-refractivity contribution in [1.29, 1.82) is 0 Å². The molecule has 2 aliphatic carbocycles. The summed E-state index contributed by atoms with van der Waals surface area (Å²) in [5, 5.41) is 0.651. The smallest absolute Gasteiger partial charge is 0.175 e. The summed E-state index contributed by atoms with van der Waals surface area (Å²) < 4.78 is 13.1. The molecule has 0 bridgehead atoms. The Hall–Kier alpha value is -2.57. The summed E-state index contributed by atoms with van der Waals surface area (Å²) in [5.74, 6) is 0.969. The number of hydrogen-bond acceptors (Lipinski definition) is 5. The highest BCUT2D eigenvalue weighted by Gasteiger charge is 2.48. The Bertz CT molecular complexity index is 1420. The minimum absolute atomic E-state index is 0.124. The number of Topliss-reactive ketones (excluding diaryl/α,β-unsaturated/α-hetero) is 2. The zero-order valence-electron chi connectivity index (χ0n) is 24.8. The van der Waals surface area contributed by atoms with Crippen LogP contribution in [0.15, 0.2) is 63.4 Å². The van der Waals surface area contributed by atoms with Gasteiger partial charge in [0.15, 0.2) is 23.1 Å². The number of carbonyl (C=O) groups excluding carboxylic acids is 2. The molecule has 5 rings (SSSR count). The van der Waals surface area contributed by atoms with E-state index in [0.717, 1.165) is 57.5 Å². The molecule has 0 atom stereocenters. The van der Waals surface area contributed by atoms with Crippen LogP contribution in [0.25, 0.3) is 0 Å². The van der Waals surface area contributed by atoms with Gasteiger partial charge in [0, 0.05) is 52.9 Å². The predicted octanol–water partition coefficient (Wildman–Crippen LogP) is 8.79. The van der Waals surface area contributed by atoms with Crippen LogP contribution in [0.3, 0.4) is 0 Å². The summed E-state index contributed by atoms with van der Waals surface area (Å²) in [6, 6.07) is 11.5. The van der Waals surface area contributed by atoms with Crippen molar-refractivity contribution in [2.45, 2.75) is 79.8 Å². The van der Waals surface area contributed by atoms with Gasteiger partial charge in [0.2, 0.25) is 0 Å². The van der Waals surface area contributed by atoms with Gasteiger partial charge in [0.05, 0.1) is 11.1 Å². The fraction of sp³-hybridized carbons (Fsp3) is 0.471. The van der Waals surface area contributed by atoms with Gasteiger partial charge in [-0.25, -0.2) is 0 Å². The Morgan fingerprint density at radius 2 is 1.51 bits per heavy atom. The summed E-state index contributed by atoms with van der Waals surface area (Å²) in [4.78, 5) is 30.2. The van der Waals surface area contributed by atoms with E-state index in [1.807, 2.05) is 43.3 Å². The van der Waals surface area contributed by atoms with Crippen LogP contribution in [0.5, 0.6) is 11.5 Å². The van der Waals surface area contributed by atoms with Crippen molar-refractivity contribution in [3.8, 4) is 11.5 Å². The standard InChI is InChI=1S/C34H39BrClNO4/c1-7-37-24-15-33(3,4)17-26(38)30(24)29(31-25(37)16-34(5,6)18-27(31)39)21-13-23(35)32(28(14-21)40-8-2)41-19-20-10-9-11-22(36)12-20/h9-14,29H,7-8,15-19H2,1-6H3. The fourth-order valence-corrected chi connectivity index (χ4v) is 7.49. The van der Waals surface area contributed by atoms with Gasteiger partial charge in [0.1, 0.15) is 6.61 Å². The maximum Gasteiger partial charge on any atom is 0.175 e. The summed E-state index contributed by atoms with van der Waals surface area (Å²) in [6.07, 6.45) is 2.51. The van der Waals surface area contributed by atoms with Crippen LogP contribution in [-0.2, 0) is 16.2 Å². The molecule has 0 N–H and O–H groups in total. The highest BCUT2D eigenvalue weighted by molar-refractivity contribution is 9.10. The molecule has 1 heterocycles. The van der Waals surface area contributed by atoms with E-state index in [1.165, 1.54) is 0 Å². The second-order valence-corrected chi connectivity index (χ2v) is 14.3. The molecule has 0 saturated carbocycles. The molecule has 2 aromatic carbocycles. The first-order chi connectivity index (χ1) is 19.3. The number of ketones is 2. The second-order valence-electron chi connectivity index (χ2n) is 13.0. The molecule has 2 aromatic rings. The molecule has 0 radical (unpaired) electrons. The van der Waals surface area contributed by atoms with Crippen molar-refractivity contribution in [1.82, 2.24) is 4.90 Å². The molecule has 0 saturated heterocycles. The lowest BCUT2D eigenvalue weighted by Crippen LogP contribution is -2.44. The maximum absolute atomic E-state index is 14.0. The second kappa shape index (κ2) is 11.3. The van der Waals surface area contributed by atoms with Gasteiger partial charge in [-0.05, 0) is 88.8 Å². The number of nitrogens with zero attached hydrogens (tertiary/aromatic N) is 1. The van der Waals surface area contributed by atoms with Gasteiger partial charge in [-0.2, -0.15) is 0 Å². The first-order valence-electron chi connectivity index (χ1n) is 14.5. The van der Waals surface area contributed by atoms with Gasteiger partial charge < -0.3 is 14.4 Å². The zero-order valence-corrected chi connectivity index (χ0v) is 27.2. The number of carbonyl (C=O) groups is 2. The van der Waals surface area contributed by atoms with E-state index in [0.29, 0.717) is 42.6 Å². The third-order valence-corrected chi connectivity index (χ3v) is 9.10. The van der Waals surface area contributed by atoms with Crippen molar-refractivity contribution < 1.29 is 19.1 Å². The molecule has 41 heavy (non-hydrogen) atoms. The topological polar surface area (TPSA) is 55.8 Å². The third kappa shape index (κ3) is 5.87. The van der Waals surface area contributed by atoms with E-state index in [9.17, 15) is 9.59 Å². The minimum Gasteiger partial charge on any atom is -0.490 e. The average Bonchev–Trinajstić information content (AvgIpc) is 2.86. The van der Waals surface area contributed by atoms with E-state index in [4.69, 9.17) is 21.1 Å². The molecular weight excluding hydrogens is 602 g/mol. The number of ether oxygens (including phenoxy) is 2. The molecule has 0 amide bonds. The van der Waals surface area contributed by atoms with E-state index in [1.54, 1.807) is 0 Å². The molecule has 0 unspecified atom stereocenters. The molecule has 5 nitrogen and oxygen atoms in total. The normalized spacial score (nSPS) is 20.2. The molecule has 7 heteroatoms. The van der Waals surface area contributed by atoms with Crippen molar-refractivity contribution in [2.75, 3.05) is 13.2 Å². The third-order valence-electron chi connectivity index (χ3n) is 8.28. The zero-order chi connectivity index (χ0) is 29.7. The SMILES string of the molecule is CCOc1cc(C2C3=C(CC(C)(C)CC3=O)N(CC)C3=C2C(=O)CC(C)(C)C3)cc(Br)c1OCc1cccc(Cl)c1. The maximum atomic E-state index is 14.0. The number of hydrogen-bond donors (Lipinski definition) is 0. The predicted molar refractivity (Wildman–Crippen MR) is 166 cm³/mol. The van der Waals surface area contributed by atoms with Crippen molar-refractivity contribution in [3.63, 3.8) is 0 Å². The monoisotopic (exact) mass is 639 g/mol. The van der Waals surface area contributed by atoms with E-state index in [2.05, 4.69) is 55.4 Å². The van der Waals surface area contributed by atoms with Gasteiger partial charge in [-0.1, -0.05) is 51.4 Å². The number of halogens is 2.